The van der Waals surface area contributed by atoms with Gasteiger partial charge in [-0.3, -0.25) is 0 Å². The van der Waals surface area contributed by atoms with Gasteiger partial charge in [-0.05, 0) is 43.7 Å². The van der Waals surface area contributed by atoms with Crippen LogP contribution in [0.15, 0.2) is 24.3 Å². The summed E-state index contributed by atoms with van der Waals surface area (Å²) in [6.07, 6.45) is 3.86. The van der Waals surface area contributed by atoms with Gasteiger partial charge in [-0.25, -0.2) is 4.98 Å². The minimum absolute atomic E-state index is 0.297. The highest BCUT2D eigenvalue weighted by molar-refractivity contribution is 5.75. The van der Waals surface area contributed by atoms with Gasteiger partial charge in [-0.1, -0.05) is 26.0 Å². The fourth-order valence-electron chi connectivity index (χ4n) is 3.56. The summed E-state index contributed by atoms with van der Waals surface area (Å²) in [7, 11) is 2.11. The van der Waals surface area contributed by atoms with Gasteiger partial charge in [0.2, 0.25) is 0 Å². The van der Waals surface area contributed by atoms with E-state index in [2.05, 4.69) is 62.0 Å². The van der Waals surface area contributed by atoms with Gasteiger partial charge >= 0.3 is 0 Å². The number of nitrogens with zero attached hydrogens (tertiary/aromatic N) is 2. The Morgan fingerprint density at radius 1 is 1.35 bits per heavy atom. The lowest BCUT2D eigenvalue weighted by Gasteiger charge is -2.21. The first-order valence-corrected chi connectivity index (χ1v) is 7.64. The fourth-order valence-corrected chi connectivity index (χ4v) is 3.56. The number of imidazole rings is 1. The number of para-hydroxylation sites is 2. The number of benzene rings is 1. The lowest BCUT2D eigenvalue weighted by atomic mass is 9.92. The third-order valence-corrected chi connectivity index (χ3v) is 4.66. The summed E-state index contributed by atoms with van der Waals surface area (Å²) in [5, 5.41) is 3.77. The van der Waals surface area contributed by atoms with E-state index in [0.29, 0.717) is 17.5 Å². The van der Waals surface area contributed by atoms with E-state index < -0.39 is 0 Å². The standard InChI is InChI=1S/C17H25N3/c1-12(18-13-9-10-17(2,3)11-13)16-19-14-7-5-6-8-15(14)20(16)4/h5-8,12-13,18H,9-11H2,1-4H3. The molecule has 3 nitrogen and oxygen atoms in total. The minimum atomic E-state index is 0.297. The Labute approximate surface area is 121 Å². The van der Waals surface area contributed by atoms with Gasteiger partial charge < -0.3 is 9.88 Å². The summed E-state index contributed by atoms with van der Waals surface area (Å²) < 4.78 is 2.22. The molecule has 1 N–H and O–H groups in total. The summed E-state index contributed by atoms with van der Waals surface area (Å²) in [6.45, 7) is 6.97. The Bertz CT molecular complexity index is 612. The molecular formula is C17H25N3. The van der Waals surface area contributed by atoms with E-state index in [-0.39, 0.29) is 0 Å². The van der Waals surface area contributed by atoms with Crippen molar-refractivity contribution in [2.75, 3.05) is 0 Å². The molecule has 2 atom stereocenters. The van der Waals surface area contributed by atoms with Crippen LogP contribution in [0.2, 0.25) is 0 Å². The van der Waals surface area contributed by atoms with Crippen molar-refractivity contribution in [3.63, 3.8) is 0 Å². The van der Waals surface area contributed by atoms with Crippen LogP contribution in [0.5, 0.6) is 0 Å². The van der Waals surface area contributed by atoms with Crippen LogP contribution in [0, 0.1) is 5.41 Å². The molecule has 2 unspecified atom stereocenters. The van der Waals surface area contributed by atoms with Crippen molar-refractivity contribution in [2.24, 2.45) is 12.5 Å². The van der Waals surface area contributed by atoms with E-state index in [1.54, 1.807) is 0 Å². The quantitative estimate of drug-likeness (QED) is 0.920. The predicted molar refractivity (Wildman–Crippen MR) is 83.7 cm³/mol. The summed E-state index contributed by atoms with van der Waals surface area (Å²) in [6, 6.07) is 9.27. The molecule has 1 aliphatic rings. The Morgan fingerprint density at radius 3 is 2.75 bits per heavy atom. The average molecular weight is 271 g/mol. The molecule has 1 aromatic heterocycles. The largest absolute Gasteiger partial charge is 0.330 e. The molecule has 0 radical (unpaired) electrons. The molecule has 3 rings (SSSR count). The molecule has 108 valence electrons. The molecule has 2 aromatic rings. The van der Waals surface area contributed by atoms with Gasteiger partial charge in [-0.2, -0.15) is 0 Å². The third-order valence-electron chi connectivity index (χ3n) is 4.66. The molecule has 3 heteroatoms. The molecule has 0 aliphatic heterocycles. The Hall–Kier alpha value is -1.35. The summed E-state index contributed by atoms with van der Waals surface area (Å²) >= 11 is 0. The third kappa shape index (κ3) is 2.47. The normalized spacial score (nSPS) is 23.3. The van der Waals surface area contributed by atoms with Crippen LogP contribution < -0.4 is 5.32 Å². The highest BCUT2D eigenvalue weighted by Gasteiger charge is 2.32. The molecule has 1 saturated carbocycles. The second-order valence-electron chi connectivity index (χ2n) is 7.01. The van der Waals surface area contributed by atoms with Crippen molar-refractivity contribution in [2.45, 2.75) is 52.1 Å². The molecule has 1 heterocycles. The zero-order valence-electron chi connectivity index (χ0n) is 13.0. The monoisotopic (exact) mass is 271 g/mol. The van der Waals surface area contributed by atoms with E-state index in [0.717, 1.165) is 11.3 Å². The number of nitrogens with one attached hydrogen (secondary N) is 1. The molecule has 20 heavy (non-hydrogen) atoms. The maximum absolute atomic E-state index is 4.79. The highest BCUT2D eigenvalue weighted by Crippen LogP contribution is 2.37. The number of hydrogen-bond donors (Lipinski definition) is 1. The van der Waals surface area contributed by atoms with E-state index in [1.165, 1.54) is 24.8 Å². The zero-order valence-corrected chi connectivity index (χ0v) is 13.0. The van der Waals surface area contributed by atoms with Gasteiger partial charge in [0.05, 0.1) is 17.1 Å². The van der Waals surface area contributed by atoms with Crippen LogP contribution in [0.1, 0.15) is 51.9 Å². The Balaban J connectivity index is 1.79. The van der Waals surface area contributed by atoms with E-state index in [9.17, 15) is 0 Å². The second kappa shape index (κ2) is 4.88. The fraction of sp³-hybridized carbons (Fsp3) is 0.588. The van der Waals surface area contributed by atoms with Crippen LogP contribution in [0.4, 0.5) is 0 Å². The van der Waals surface area contributed by atoms with Crippen molar-refractivity contribution in [3.05, 3.63) is 30.1 Å². The van der Waals surface area contributed by atoms with Crippen molar-refractivity contribution < 1.29 is 0 Å². The van der Waals surface area contributed by atoms with Gasteiger partial charge in [0, 0.05) is 13.1 Å². The Kier molecular flexibility index (Phi) is 3.33. The molecule has 0 amide bonds. The lowest BCUT2D eigenvalue weighted by molar-refractivity contribution is 0.353. The summed E-state index contributed by atoms with van der Waals surface area (Å²) in [5.41, 5.74) is 2.79. The van der Waals surface area contributed by atoms with Crippen LogP contribution in [-0.2, 0) is 7.05 Å². The molecule has 1 fully saturated rings. The average Bonchev–Trinajstić information content (AvgIpc) is 2.91. The van der Waals surface area contributed by atoms with E-state index in [1.807, 2.05) is 0 Å². The van der Waals surface area contributed by atoms with Crippen LogP contribution >= 0.6 is 0 Å². The maximum atomic E-state index is 4.79. The number of rotatable bonds is 3. The van der Waals surface area contributed by atoms with Crippen molar-refractivity contribution in [3.8, 4) is 0 Å². The second-order valence-corrected chi connectivity index (χ2v) is 7.01. The number of aromatic nitrogens is 2. The summed E-state index contributed by atoms with van der Waals surface area (Å²) in [5.74, 6) is 1.14. The SMILES string of the molecule is CC(NC1CCC(C)(C)C1)c1nc2ccccc2n1C. The highest BCUT2D eigenvalue weighted by atomic mass is 15.1. The molecule has 0 spiro atoms. The van der Waals surface area contributed by atoms with Crippen molar-refractivity contribution in [1.82, 2.24) is 14.9 Å². The van der Waals surface area contributed by atoms with Gasteiger partial charge in [0.15, 0.2) is 0 Å². The van der Waals surface area contributed by atoms with Crippen LogP contribution in [-0.4, -0.2) is 15.6 Å². The molecule has 1 aliphatic carbocycles. The minimum Gasteiger partial charge on any atom is -0.330 e. The van der Waals surface area contributed by atoms with Gasteiger partial charge in [-0.15, -0.1) is 0 Å². The Morgan fingerprint density at radius 2 is 2.10 bits per heavy atom. The topological polar surface area (TPSA) is 29.9 Å². The number of fused-ring (bicyclic) bond motifs is 1. The van der Waals surface area contributed by atoms with E-state index in [4.69, 9.17) is 4.98 Å². The maximum Gasteiger partial charge on any atom is 0.126 e. The smallest absolute Gasteiger partial charge is 0.126 e. The molecule has 0 saturated heterocycles. The van der Waals surface area contributed by atoms with E-state index >= 15 is 0 Å². The summed E-state index contributed by atoms with van der Waals surface area (Å²) in [4.78, 5) is 4.79. The number of hydrogen-bond acceptors (Lipinski definition) is 2. The lowest BCUT2D eigenvalue weighted by Crippen LogP contribution is -2.31. The van der Waals surface area contributed by atoms with Crippen molar-refractivity contribution in [1.29, 1.82) is 0 Å². The first-order chi connectivity index (χ1) is 9.46. The molecule has 0 bridgehead atoms. The first kappa shape index (κ1) is 13.6. The van der Waals surface area contributed by atoms with Gasteiger partial charge in [0.25, 0.3) is 0 Å². The van der Waals surface area contributed by atoms with Crippen LogP contribution in [0.3, 0.4) is 0 Å². The van der Waals surface area contributed by atoms with Gasteiger partial charge in [0.1, 0.15) is 5.82 Å². The first-order valence-electron chi connectivity index (χ1n) is 7.64. The predicted octanol–water partition coefficient (Wildman–Crippen LogP) is 3.80. The molecular weight excluding hydrogens is 246 g/mol. The molecule has 1 aromatic carbocycles. The van der Waals surface area contributed by atoms with Crippen molar-refractivity contribution >= 4 is 11.0 Å². The van der Waals surface area contributed by atoms with Crippen LogP contribution in [0.25, 0.3) is 11.0 Å². The zero-order chi connectivity index (χ0) is 14.3. The number of aryl methyl sites for hydroxylation is 1.